The molecule has 1 aromatic carbocycles. The van der Waals surface area contributed by atoms with Crippen LogP contribution in [-0.4, -0.2) is 48.1 Å². The van der Waals surface area contributed by atoms with Crippen molar-refractivity contribution in [3.05, 3.63) is 36.4 Å². The highest BCUT2D eigenvalue weighted by Crippen LogP contribution is 2.24. The van der Waals surface area contributed by atoms with E-state index in [1.165, 1.54) is 25.7 Å². The number of benzene rings is 1. The number of nitrogens with zero attached hydrogens (tertiary/aromatic N) is 3. The lowest BCUT2D eigenvalue weighted by Crippen LogP contribution is -2.21. The minimum atomic E-state index is 0.540. The Hall–Kier alpha value is -2.14. The van der Waals surface area contributed by atoms with Crippen molar-refractivity contribution >= 4 is 11.6 Å². The SMILES string of the molecule is CN(C)CCNc1cc(NC2CCCC2)nc(-c2ccccc2)n1. The van der Waals surface area contributed by atoms with Crippen molar-refractivity contribution in [2.75, 3.05) is 37.8 Å². The Bertz CT molecular complexity index is 635. The summed E-state index contributed by atoms with van der Waals surface area (Å²) in [6.07, 6.45) is 5.08. The van der Waals surface area contributed by atoms with E-state index in [4.69, 9.17) is 9.97 Å². The summed E-state index contributed by atoms with van der Waals surface area (Å²) >= 11 is 0. The molecular formula is C19H27N5. The molecule has 0 aliphatic heterocycles. The molecule has 0 amide bonds. The molecule has 5 heteroatoms. The van der Waals surface area contributed by atoms with E-state index in [0.29, 0.717) is 6.04 Å². The van der Waals surface area contributed by atoms with Crippen LogP contribution in [0.5, 0.6) is 0 Å². The molecule has 1 saturated carbocycles. The fourth-order valence-electron chi connectivity index (χ4n) is 3.01. The monoisotopic (exact) mass is 325 g/mol. The van der Waals surface area contributed by atoms with Gasteiger partial charge in [0.1, 0.15) is 11.6 Å². The van der Waals surface area contributed by atoms with Gasteiger partial charge in [0.15, 0.2) is 5.82 Å². The second-order valence-corrected chi connectivity index (χ2v) is 6.68. The van der Waals surface area contributed by atoms with E-state index in [0.717, 1.165) is 36.1 Å². The van der Waals surface area contributed by atoms with Gasteiger partial charge in [-0.2, -0.15) is 0 Å². The van der Waals surface area contributed by atoms with E-state index in [1.807, 2.05) is 24.3 Å². The molecule has 24 heavy (non-hydrogen) atoms. The molecule has 0 bridgehead atoms. The van der Waals surface area contributed by atoms with Gasteiger partial charge in [-0.05, 0) is 26.9 Å². The molecule has 1 fully saturated rings. The molecule has 0 saturated heterocycles. The van der Waals surface area contributed by atoms with Crippen molar-refractivity contribution in [2.45, 2.75) is 31.7 Å². The molecular weight excluding hydrogens is 298 g/mol. The number of aromatic nitrogens is 2. The summed E-state index contributed by atoms with van der Waals surface area (Å²) in [6.45, 7) is 1.83. The predicted octanol–water partition coefficient (Wildman–Crippen LogP) is 3.47. The summed E-state index contributed by atoms with van der Waals surface area (Å²) in [7, 11) is 4.15. The van der Waals surface area contributed by atoms with Gasteiger partial charge in [0.2, 0.25) is 0 Å². The first-order valence-electron chi connectivity index (χ1n) is 8.80. The average molecular weight is 325 g/mol. The lowest BCUT2D eigenvalue weighted by molar-refractivity contribution is 0.425. The third kappa shape index (κ3) is 4.68. The number of hydrogen-bond acceptors (Lipinski definition) is 5. The maximum absolute atomic E-state index is 4.74. The van der Waals surface area contributed by atoms with Crippen LogP contribution in [0.3, 0.4) is 0 Å². The van der Waals surface area contributed by atoms with Crippen molar-refractivity contribution in [2.24, 2.45) is 0 Å². The molecule has 3 rings (SSSR count). The minimum Gasteiger partial charge on any atom is -0.369 e. The van der Waals surface area contributed by atoms with E-state index >= 15 is 0 Å². The van der Waals surface area contributed by atoms with Crippen molar-refractivity contribution in [1.82, 2.24) is 14.9 Å². The summed E-state index contributed by atoms with van der Waals surface area (Å²) in [5, 5.41) is 7.01. The Balaban J connectivity index is 1.81. The number of rotatable bonds is 7. The van der Waals surface area contributed by atoms with Crippen LogP contribution in [0.1, 0.15) is 25.7 Å². The first-order valence-corrected chi connectivity index (χ1v) is 8.80. The first kappa shape index (κ1) is 16.7. The molecule has 0 spiro atoms. The highest BCUT2D eigenvalue weighted by molar-refractivity contribution is 5.61. The molecule has 2 N–H and O–H groups in total. The fourth-order valence-corrected chi connectivity index (χ4v) is 3.01. The van der Waals surface area contributed by atoms with E-state index in [-0.39, 0.29) is 0 Å². The normalized spacial score (nSPS) is 15.0. The molecule has 1 aliphatic carbocycles. The van der Waals surface area contributed by atoms with Crippen molar-refractivity contribution in [1.29, 1.82) is 0 Å². The third-order valence-corrected chi connectivity index (χ3v) is 4.33. The maximum Gasteiger partial charge on any atom is 0.163 e. The highest BCUT2D eigenvalue weighted by Gasteiger charge is 2.16. The summed E-state index contributed by atoms with van der Waals surface area (Å²) in [6, 6.07) is 12.7. The van der Waals surface area contributed by atoms with Gasteiger partial charge in [0, 0.05) is 30.8 Å². The van der Waals surface area contributed by atoms with Crippen LogP contribution in [0.25, 0.3) is 11.4 Å². The van der Waals surface area contributed by atoms with Gasteiger partial charge in [-0.25, -0.2) is 9.97 Å². The van der Waals surface area contributed by atoms with Gasteiger partial charge in [0.05, 0.1) is 0 Å². The average Bonchev–Trinajstić information content (AvgIpc) is 3.08. The molecule has 0 radical (unpaired) electrons. The van der Waals surface area contributed by atoms with Gasteiger partial charge < -0.3 is 15.5 Å². The smallest absolute Gasteiger partial charge is 0.163 e. The van der Waals surface area contributed by atoms with Crippen LogP contribution in [0.15, 0.2) is 36.4 Å². The molecule has 0 atom stereocenters. The highest BCUT2D eigenvalue weighted by atomic mass is 15.1. The summed E-state index contributed by atoms with van der Waals surface area (Å²) in [5.41, 5.74) is 1.04. The van der Waals surface area contributed by atoms with E-state index in [9.17, 15) is 0 Å². The quantitative estimate of drug-likeness (QED) is 0.816. The van der Waals surface area contributed by atoms with E-state index in [1.54, 1.807) is 0 Å². The zero-order chi connectivity index (χ0) is 16.8. The third-order valence-electron chi connectivity index (χ3n) is 4.33. The van der Waals surface area contributed by atoms with Crippen molar-refractivity contribution in [3.63, 3.8) is 0 Å². The van der Waals surface area contributed by atoms with Crippen LogP contribution in [0.4, 0.5) is 11.6 Å². The number of nitrogens with one attached hydrogen (secondary N) is 2. The van der Waals surface area contributed by atoms with Crippen molar-refractivity contribution < 1.29 is 0 Å². The second-order valence-electron chi connectivity index (χ2n) is 6.68. The Kier molecular flexibility index (Phi) is 5.64. The summed E-state index contributed by atoms with van der Waals surface area (Å²) < 4.78 is 0. The van der Waals surface area contributed by atoms with Crippen LogP contribution in [0, 0.1) is 0 Å². The molecule has 0 unspecified atom stereocenters. The molecule has 128 valence electrons. The summed E-state index contributed by atoms with van der Waals surface area (Å²) in [5.74, 6) is 2.57. The van der Waals surface area contributed by atoms with Crippen LogP contribution >= 0.6 is 0 Å². The van der Waals surface area contributed by atoms with Crippen molar-refractivity contribution in [3.8, 4) is 11.4 Å². The predicted molar refractivity (Wildman–Crippen MR) is 100 cm³/mol. The van der Waals surface area contributed by atoms with E-state index in [2.05, 4.69) is 41.8 Å². The van der Waals surface area contributed by atoms with Crippen LogP contribution in [-0.2, 0) is 0 Å². The van der Waals surface area contributed by atoms with Gasteiger partial charge in [-0.15, -0.1) is 0 Å². The molecule has 1 aromatic heterocycles. The lowest BCUT2D eigenvalue weighted by Gasteiger charge is -2.16. The van der Waals surface area contributed by atoms with Gasteiger partial charge in [-0.3, -0.25) is 0 Å². The Morgan fingerprint density at radius 2 is 1.75 bits per heavy atom. The van der Waals surface area contributed by atoms with Crippen LogP contribution in [0.2, 0.25) is 0 Å². The first-order chi connectivity index (χ1) is 11.7. The second kappa shape index (κ2) is 8.11. The molecule has 1 heterocycles. The standard InChI is InChI=1S/C19H27N5/c1-24(2)13-12-20-17-14-18(21-16-10-6-7-11-16)23-19(22-17)15-8-4-3-5-9-15/h3-5,8-9,14,16H,6-7,10-13H2,1-2H3,(H2,20,21,22,23). The molecule has 2 aromatic rings. The van der Waals surface area contributed by atoms with Gasteiger partial charge in [-0.1, -0.05) is 43.2 Å². The Morgan fingerprint density at radius 1 is 1.04 bits per heavy atom. The summed E-state index contributed by atoms with van der Waals surface area (Å²) in [4.78, 5) is 11.6. The van der Waals surface area contributed by atoms with Gasteiger partial charge >= 0.3 is 0 Å². The zero-order valence-electron chi connectivity index (χ0n) is 14.6. The Labute approximate surface area is 144 Å². The lowest BCUT2D eigenvalue weighted by atomic mass is 10.2. The number of likely N-dealkylation sites (N-methyl/N-ethyl adjacent to an activating group) is 1. The molecule has 1 aliphatic rings. The van der Waals surface area contributed by atoms with Gasteiger partial charge in [0.25, 0.3) is 0 Å². The number of hydrogen-bond donors (Lipinski definition) is 2. The molecule has 5 nitrogen and oxygen atoms in total. The van der Waals surface area contributed by atoms with Crippen LogP contribution < -0.4 is 10.6 Å². The zero-order valence-corrected chi connectivity index (χ0v) is 14.6. The largest absolute Gasteiger partial charge is 0.369 e. The maximum atomic E-state index is 4.74. The topological polar surface area (TPSA) is 53.1 Å². The van der Waals surface area contributed by atoms with E-state index < -0.39 is 0 Å². The minimum absolute atomic E-state index is 0.540. The number of anilines is 2. The Morgan fingerprint density at radius 3 is 2.46 bits per heavy atom. The fraction of sp³-hybridized carbons (Fsp3) is 0.474.